The molecule has 1 amide bonds. The molecule has 5 nitrogen and oxygen atoms in total. The van der Waals surface area contributed by atoms with Gasteiger partial charge < -0.3 is 14.2 Å². The Labute approximate surface area is 194 Å². The Kier molecular flexibility index (Phi) is 5.86. The highest BCUT2D eigenvalue weighted by atomic mass is 16.5. The number of ether oxygens (including phenoxy) is 1. The minimum Gasteiger partial charge on any atom is -0.494 e. The van der Waals surface area contributed by atoms with Crippen molar-refractivity contribution in [1.29, 1.82) is 0 Å². The maximum atomic E-state index is 13.0. The number of para-hydroxylation sites is 3. The first-order chi connectivity index (χ1) is 16.1. The van der Waals surface area contributed by atoms with E-state index in [1.807, 2.05) is 47.4 Å². The van der Waals surface area contributed by atoms with Crippen molar-refractivity contribution in [3.05, 3.63) is 89.7 Å². The van der Waals surface area contributed by atoms with E-state index in [1.165, 1.54) is 5.56 Å². The monoisotopic (exact) mass is 439 g/mol. The highest BCUT2D eigenvalue weighted by Crippen LogP contribution is 2.34. The summed E-state index contributed by atoms with van der Waals surface area (Å²) in [5.74, 6) is 2.13. The van der Waals surface area contributed by atoms with Crippen molar-refractivity contribution in [2.24, 2.45) is 0 Å². The molecule has 5 rings (SSSR count). The molecule has 0 N–H and O–H groups in total. The highest BCUT2D eigenvalue weighted by Gasteiger charge is 2.35. The summed E-state index contributed by atoms with van der Waals surface area (Å²) in [6, 6.07) is 24.5. The number of fused-ring (bicyclic) bond motifs is 1. The van der Waals surface area contributed by atoms with Crippen LogP contribution in [0.15, 0.2) is 72.8 Å². The van der Waals surface area contributed by atoms with E-state index in [1.54, 1.807) is 0 Å². The third kappa shape index (κ3) is 4.36. The number of aryl methyl sites for hydroxylation is 3. The molecule has 33 heavy (non-hydrogen) atoms. The summed E-state index contributed by atoms with van der Waals surface area (Å²) >= 11 is 0. The van der Waals surface area contributed by atoms with Crippen LogP contribution in [0.3, 0.4) is 0 Å². The zero-order chi connectivity index (χ0) is 22.8. The third-order valence-corrected chi connectivity index (χ3v) is 6.36. The quantitative estimate of drug-likeness (QED) is 0.350. The predicted octanol–water partition coefficient (Wildman–Crippen LogP) is 5.64. The zero-order valence-electron chi connectivity index (χ0n) is 19.2. The van der Waals surface area contributed by atoms with Crippen LogP contribution in [0.1, 0.15) is 35.7 Å². The fraction of sp³-hybridized carbons (Fsp3) is 0.286. The summed E-state index contributed by atoms with van der Waals surface area (Å²) in [6.07, 6.45) is 1.35. The van der Waals surface area contributed by atoms with Crippen molar-refractivity contribution in [1.82, 2.24) is 9.55 Å². The average molecular weight is 440 g/mol. The molecule has 1 saturated heterocycles. The molecule has 1 aliphatic heterocycles. The number of anilines is 1. The molecule has 1 atom stereocenters. The Morgan fingerprint density at radius 1 is 1.00 bits per heavy atom. The number of amides is 1. The van der Waals surface area contributed by atoms with E-state index in [0.717, 1.165) is 46.8 Å². The van der Waals surface area contributed by atoms with Crippen LogP contribution >= 0.6 is 0 Å². The summed E-state index contributed by atoms with van der Waals surface area (Å²) < 4.78 is 8.26. The van der Waals surface area contributed by atoms with Gasteiger partial charge in [0.15, 0.2) is 0 Å². The van der Waals surface area contributed by atoms with E-state index in [-0.39, 0.29) is 11.8 Å². The third-order valence-electron chi connectivity index (χ3n) is 6.36. The fourth-order valence-electron chi connectivity index (χ4n) is 4.74. The summed E-state index contributed by atoms with van der Waals surface area (Å²) in [5.41, 5.74) is 5.41. The van der Waals surface area contributed by atoms with Gasteiger partial charge in [0.05, 0.1) is 17.6 Å². The van der Waals surface area contributed by atoms with Crippen LogP contribution in [0, 0.1) is 13.8 Å². The lowest BCUT2D eigenvalue weighted by molar-refractivity contribution is -0.117. The minimum absolute atomic E-state index is 0.0715. The van der Waals surface area contributed by atoms with Crippen molar-refractivity contribution in [3.63, 3.8) is 0 Å². The van der Waals surface area contributed by atoms with Crippen molar-refractivity contribution in [2.75, 3.05) is 18.1 Å². The molecular formula is C28H29N3O2. The second kappa shape index (κ2) is 9.10. The number of hydrogen-bond donors (Lipinski definition) is 0. The molecule has 168 valence electrons. The second-order valence-electron chi connectivity index (χ2n) is 8.82. The van der Waals surface area contributed by atoms with Gasteiger partial charge in [0.2, 0.25) is 5.91 Å². The normalized spacial score (nSPS) is 16.0. The molecular weight excluding hydrogens is 410 g/mol. The summed E-state index contributed by atoms with van der Waals surface area (Å²) in [6.45, 7) is 6.22. The van der Waals surface area contributed by atoms with E-state index >= 15 is 0 Å². The van der Waals surface area contributed by atoms with Gasteiger partial charge in [0.25, 0.3) is 0 Å². The topological polar surface area (TPSA) is 47.4 Å². The van der Waals surface area contributed by atoms with E-state index in [2.05, 4.69) is 48.7 Å². The standard InChI is InChI=1S/C28H29N3O2/c1-20-9-7-11-23(17-20)33-16-8-15-30-26-14-6-4-12-24(26)29-28(30)22-18-27(32)31(19-22)25-13-5-3-10-21(25)2/h3-7,9-14,17,22H,8,15-16,18-19H2,1-2H3/t22-/m1/s1. The maximum absolute atomic E-state index is 13.0. The molecule has 0 spiro atoms. The van der Waals surface area contributed by atoms with Crippen molar-refractivity contribution < 1.29 is 9.53 Å². The van der Waals surface area contributed by atoms with Crippen LogP contribution in [-0.2, 0) is 11.3 Å². The van der Waals surface area contributed by atoms with Crippen LogP contribution in [0.2, 0.25) is 0 Å². The fourth-order valence-corrected chi connectivity index (χ4v) is 4.74. The van der Waals surface area contributed by atoms with Gasteiger partial charge >= 0.3 is 0 Å². The molecule has 4 aromatic rings. The van der Waals surface area contributed by atoms with Crippen LogP contribution in [-0.4, -0.2) is 28.6 Å². The lowest BCUT2D eigenvalue weighted by atomic mass is 10.1. The van der Waals surface area contributed by atoms with Gasteiger partial charge in [-0.25, -0.2) is 4.98 Å². The van der Waals surface area contributed by atoms with Gasteiger partial charge in [-0.2, -0.15) is 0 Å². The molecule has 0 bridgehead atoms. The number of imidazole rings is 1. The van der Waals surface area contributed by atoms with Crippen molar-refractivity contribution in [3.8, 4) is 5.75 Å². The van der Waals surface area contributed by atoms with Crippen LogP contribution < -0.4 is 9.64 Å². The minimum atomic E-state index is 0.0715. The molecule has 2 heterocycles. The number of benzene rings is 3. The van der Waals surface area contributed by atoms with Crippen LogP contribution in [0.5, 0.6) is 5.75 Å². The number of aromatic nitrogens is 2. The Balaban J connectivity index is 1.36. The SMILES string of the molecule is Cc1cccc(OCCCn2c([C@@H]3CC(=O)N(c4ccccc4C)C3)nc3ccccc32)c1. The lowest BCUT2D eigenvalue weighted by Gasteiger charge is -2.19. The molecule has 1 aromatic heterocycles. The van der Waals surface area contributed by atoms with Crippen molar-refractivity contribution >= 4 is 22.6 Å². The summed E-state index contributed by atoms with van der Waals surface area (Å²) in [5, 5.41) is 0. The van der Waals surface area contributed by atoms with Gasteiger partial charge in [-0.1, -0.05) is 42.5 Å². The van der Waals surface area contributed by atoms with Gasteiger partial charge in [-0.05, 0) is 61.7 Å². The first-order valence-electron chi connectivity index (χ1n) is 11.6. The lowest BCUT2D eigenvalue weighted by Crippen LogP contribution is -2.25. The van der Waals surface area contributed by atoms with E-state index < -0.39 is 0 Å². The Morgan fingerprint density at radius 3 is 2.67 bits per heavy atom. The van der Waals surface area contributed by atoms with Gasteiger partial charge in [0.1, 0.15) is 11.6 Å². The molecule has 0 aliphatic carbocycles. The number of carbonyl (C=O) groups excluding carboxylic acids is 1. The summed E-state index contributed by atoms with van der Waals surface area (Å²) in [4.78, 5) is 19.8. The average Bonchev–Trinajstić information content (AvgIpc) is 3.37. The molecule has 0 radical (unpaired) electrons. The number of nitrogens with zero attached hydrogens (tertiary/aromatic N) is 3. The highest BCUT2D eigenvalue weighted by molar-refractivity contribution is 5.97. The molecule has 0 unspecified atom stereocenters. The Hall–Kier alpha value is -3.60. The van der Waals surface area contributed by atoms with Crippen LogP contribution in [0.4, 0.5) is 5.69 Å². The van der Waals surface area contributed by atoms with Gasteiger partial charge in [0, 0.05) is 31.1 Å². The molecule has 3 aromatic carbocycles. The second-order valence-corrected chi connectivity index (χ2v) is 8.82. The molecule has 1 fully saturated rings. The van der Waals surface area contributed by atoms with Crippen molar-refractivity contribution in [2.45, 2.75) is 39.2 Å². The number of rotatable bonds is 7. The molecule has 0 saturated carbocycles. The smallest absolute Gasteiger partial charge is 0.227 e. The zero-order valence-corrected chi connectivity index (χ0v) is 19.2. The van der Waals surface area contributed by atoms with E-state index in [4.69, 9.17) is 9.72 Å². The first kappa shape index (κ1) is 21.3. The predicted molar refractivity (Wildman–Crippen MR) is 132 cm³/mol. The Morgan fingerprint density at radius 2 is 1.82 bits per heavy atom. The van der Waals surface area contributed by atoms with Gasteiger partial charge in [-0.15, -0.1) is 0 Å². The first-order valence-corrected chi connectivity index (χ1v) is 11.6. The largest absolute Gasteiger partial charge is 0.494 e. The Bertz CT molecular complexity index is 1290. The maximum Gasteiger partial charge on any atom is 0.227 e. The van der Waals surface area contributed by atoms with E-state index in [9.17, 15) is 4.79 Å². The summed E-state index contributed by atoms with van der Waals surface area (Å²) in [7, 11) is 0. The van der Waals surface area contributed by atoms with Gasteiger partial charge in [-0.3, -0.25) is 4.79 Å². The van der Waals surface area contributed by atoms with E-state index in [0.29, 0.717) is 19.6 Å². The number of carbonyl (C=O) groups is 1. The molecule has 1 aliphatic rings. The number of hydrogen-bond acceptors (Lipinski definition) is 3. The molecule has 5 heteroatoms. The van der Waals surface area contributed by atoms with Crippen LogP contribution in [0.25, 0.3) is 11.0 Å².